The lowest BCUT2D eigenvalue weighted by Crippen LogP contribution is -2.36. The van der Waals surface area contributed by atoms with Crippen LogP contribution >= 0.6 is 0 Å². The number of aliphatic hydroxyl groups excluding tert-OH is 1. The van der Waals surface area contributed by atoms with E-state index in [4.69, 9.17) is 4.42 Å². The number of hydrogen-bond donors (Lipinski definition) is 1. The SMILES string of the molecule is CC=C(\C=C(/C(C)=N\C(C(=O)N1CCCCC1)=C(/C)O)C(C)(F)F)c1ccoc1. The lowest BCUT2D eigenvalue weighted by atomic mass is 9.99. The minimum absolute atomic E-state index is 0.0332. The van der Waals surface area contributed by atoms with E-state index < -0.39 is 11.8 Å². The Balaban J connectivity index is 2.44. The van der Waals surface area contributed by atoms with Crippen LogP contribution in [-0.4, -0.2) is 40.6 Å². The molecule has 0 saturated carbocycles. The molecule has 7 heteroatoms. The third-order valence-electron chi connectivity index (χ3n) is 4.80. The second-order valence-electron chi connectivity index (χ2n) is 7.19. The van der Waals surface area contributed by atoms with E-state index in [0.29, 0.717) is 24.2 Å². The first kappa shape index (κ1) is 22.6. The van der Waals surface area contributed by atoms with Gasteiger partial charge in [0.05, 0.1) is 12.5 Å². The normalized spacial score (nSPS) is 18.0. The number of halogens is 2. The number of alkyl halides is 2. The van der Waals surface area contributed by atoms with E-state index in [1.54, 1.807) is 24.0 Å². The molecular formula is C22H28F2N2O3. The van der Waals surface area contributed by atoms with Crippen molar-refractivity contribution >= 4 is 17.2 Å². The number of aliphatic hydroxyl groups is 1. The molecular weight excluding hydrogens is 378 g/mol. The summed E-state index contributed by atoms with van der Waals surface area (Å²) in [7, 11) is 0. The minimum Gasteiger partial charge on any atom is -0.510 e. The first-order valence-electron chi connectivity index (χ1n) is 9.68. The van der Waals surface area contributed by atoms with Crippen molar-refractivity contribution in [1.29, 1.82) is 0 Å². The molecule has 1 fully saturated rings. The lowest BCUT2D eigenvalue weighted by Gasteiger charge is -2.27. The van der Waals surface area contributed by atoms with Gasteiger partial charge in [-0.2, -0.15) is 0 Å². The van der Waals surface area contributed by atoms with Crippen molar-refractivity contribution in [3.63, 3.8) is 0 Å². The number of carbonyl (C=O) groups is 1. The van der Waals surface area contributed by atoms with Crippen LogP contribution < -0.4 is 0 Å². The number of carbonyl (C=O) groups excluding carboxylic acids is 1. The van der Waals surface area contributed by atoms with Gasteiger partial charge in [-0.25, -0.2) is 13.8 Å². The lowest BCUT2D eigenvalue weighted by molar-refractivity contribution is -0.128. The van der Waals surface area contributed by atoms with Gasteiger partial charge in [-0.15, -0.1) is 0 Å². The molecule has 1 saturated heterocycles. The molecule has 5 nitrogen and oxygen atoms in total. The molecule has 2 heterocycles. The van der Waals surface area contributed by atoms with Gasteiger partial charge in [0.15, 0.2) is 5.70 Å². The van der Waals surface area contributed by atoms with E-state index in [1.807, 2.05) is 0 Å². The fourth-order valence-corrected chi connectivity index (χ4v) is 3.22. The highest BCUT2D eigenvalue weighted by Crippen LogP contribution is 2.29. The Labute approximate surface area is 170 Å². The summed E-state index contributed by atoms with van der Waals surface area (Å²) in [5.74, 6) is -3.93. The highest BCUT2D eigenvalue weighted by molar-refractivity contribution is 6.05. The third-order valence-corrected chi connectivity index (χ3v) is 4.80. The van der Waals surface area contributed by atoms with Crippen molar-refractivity contribution in [2.45, 2.75) is 52.9 Å². The summed E-state index contributed by atoms with van der Waals surface area (Å²) in [5.41, 5.74) is 0.620. The summed E-state index contributed by atoms with van der Waals surface area (Å²) in [4.78, 5) is 18.5. The first-order chi connectivity index (χ1) is 13.6. The van der Waals surface area contributed by atoms with Gasteiger partial charge >= 0.3 is 0 Å². The molecule has 1 aliphatic rings. The molecule has 2 rings (SSSR count). The van der Waals surface area contributed by atoms with Gasteiger partial charge < -0.3 is 14.4 Å². The smallest absolute Gasteiger partial charge is 0.275 e. The van der Waals surface area contributed by atoms with Gasteiger partial charge in [0.2, 0.25) is 0 Å². The Morgan fingerprint density at radius 3 is 2.41 bits per heavy atom. The number of hydrogen-bond acceptors (Lipinski definition) is 4. The van der Waals surface area contributed by atoms with Gasteiger partial charge in [-0.3, -0.25) is 4.79 Å². The zero-order valence-electron chi connectivity index (χ0n) is 17.3. The van der Waals surface area contributed by atoms with Crippen molar-refractivity contribution in [1.82, 2.24) is 4.90 Å². The highest BCUT2D eigenvalue weighted by atomic mass is 19.3. The Hall–Kier alpha value is -2.70. The van der Waals surface area contributed by atoms with Crippen LogP contribution in [0.25, 0.3) is 5.57 Å². The van der Waals surface area contributed by atoms with E-state index >= 15 is 0 Å². The van der Waals surface area contributed by atoms with Crippen LogP contribution in [0, 0.1) is 0 Å². The van der Waals surface area contributed by atoms with E-state index in [2.05, 4.69) is 4.99 Å². The maximum atomic E-state index is 14.4. The van der Waals surface area contributed by atoms with Crippen LogP contribution in [0.5, 0.6) is 0 Å². The molecule has 0 spiro atoms. The summed E-state index contributed by atoms with van der Waals surface area (Å²) < 4.78 is 33.9. The van der Waals surface area contributed by atoms with E-state index in [-0.39, 0.29) is 22.7 Å². The van der Waals surface area contributed by atoms with Gasteiger partial charge in [0.25, 0.3) is 11.8 Å². The molecule has 1 N–H and O–H groups in total. The number of furan rings is 1. The van der Waals surface area contributed by atoms with Crippen LogP contribution in [0.15, 0.2) is 57.2 Å². The largest absolute Gasteiger partial charge is 0.510 e. The monoisotopic (exact) mass is 406 g/mol. The molecule has 1 aromatic rings. The number of amides is 1. The molecule has 158 valence electrons. The van der Waals surface area contributed by atoms with Crippen LogP contribution in [0.3, 0.4) is 0 Å². The molecule has 0 atom stereocenters. The van der Waals surface area contributed by atoms with Crippen molar-refractivity contribution in [3.8, 4) is 0 Å². The zero-order valence-corrected chi connectivity index (χ0v) is 17.3. The van der Waals surface area contributed by atoms with Crippen molar-refractivity contribution in [2.24, 2.45) is 4.99 Å². The summed E-state index contributed by atoms with van der Waals surface area (Å²) >= 11 is 0. The van der Waals surface area contributed by atoms with Gasteiger partial charge in [0.1, 0.15) is 5.76 Å². The molecule has 0 bridgehead atoms. The third kappa shape index (κ3) is 5.89. The van der Waals surface area contributed by atoms with Crippen LogP contribution in [0.4, 0.5) is 8.78 Å². The molecule has 0 unspecified atom stereocenters. The Kier molecular flexibility index (Phi) is 7.53. The topological polar surface area (TPSA) is 66.0 Å². The standard InChI is InChI=1S/C22H28F2N2O3/c1-5-17(18-9-12-29-14-18)13-19(22(4,23)24)15(2)25-20(16(3)27)21(28)26-10-7-6-8-11-26/h5,9,12-14,27H,6-8,10-11H2,1-4H3/b17-5?,19-13+,20-16+,25-15-. The number of aliphatic imine (C=N–C) groups is 1. The Bertz CT molecular complexity index is 834. The number of rotatable bonds is 6. The van der Waals surface area contributed by atoms with Crippen molar-refractivity contribution in [3.05, 3.63) is 53.3 Å². The molecule has 1 aromatic heterocycles. The molecule has 29 heavy (non-hydrogen) atoms. The van der Waals surface area contributed by atoms with Gasteiger partial charge in [0, 0.05) is 36.9 Å². The number of piperidine rings is 1. The van der Waals surface area contributed by atoms with E-state index in [9.17, 15) is 18.7 Å². The summed E-state index contributed by atoms with van der Waals surface area (Å²) in [5, 5.41) is 10.0. The predicted molar refractivity (Wildman–Crippen MR) is 110 cm³/mol. The van der Waals surface area contributed by atoms with Crippen LogP contribution in [0.2, 0.25) is 0 Å². The molecule has 0 aliphatic carbocycles. The first-order valence-corrected chi connectivity index (χ1v) is 9.68. The van der Waals surface area contributed by atoms with Crippen LogP contribution in [0.1, 0.15) is 52.5 Å². The number of allylic oxidation sites excluding steroid dienone is 5. The fraction of sp³-hybridized carbons (Fsp3) is 0.455. The summed E-state index contributed by atoms with van der Waals surface area (Å²) in [6.07, 6.45) is 8.74. The predicted octanol–water partition coefficient (Wildman–Crippen LogP) is 5.53. The maximum absolute atomic E-state index is 14.4. The Morgan fingerprint density at radius 2 is 1.93 bits per heavy atom. The van der Waals surface area contributed by atoms with Gasteiger partial charge in [-0.1, -0.05) is 6.08 Å². The minimum atomic E-state index is -3.20. The quantitative estimate of drug-likeness (QED) is 0.292. The van der Waals surface area contributed by atoms with Crippen molar-refractivity contribution in [2.75, 3.05) is 13.1 Å². The zero-order chi connectivity index (χ0) is 21.6. The molecule has 0 radical (unpaired) electrons. The van der Waals surface area contributed by atoms with Gasteiger partial charge in [-0.05, 0) is 57.7 Å². The Morgan fingerprint density at radius 1 is 1.28 bits per heavy atom. The fourth-order valence-electron chi connectivity index (χ4n) is 3.22. The molecule has 0 aromatic carbocycles. The summed E-state index contributed by atoms with van der Waals surface area (Å²) in [6, 6.07) is 1.67. The van der Waals surface area contributed by atoms with E-state index in [1.165, 1.54) is 32.4 Å². The highest BCUT2D eigenvalue weighted by Gasteiger charge is 2.31. The average molecular weight is 406 g/mol. The van der Waals surface area contributed by atoms with Crippen LogP contribution in [-0.2, 0) is 4.79 Å². The number of nitrogens with zero attached hydrogens (tertiary/aromatic N) is 2. The second kappa shape index (κ2) is 9.67. The molecule has 1 amide bonds. The maximum Gasteiger partial charge on any atom is 0.275 e. The number of likely N-dealkylation sites (tertiary alicyclic amines) is 1. The summed E-state index contributed by atoms with van der Waals surface area (Å²) in [6.45, 7) is 6.41. The average Bonchev–Trinajstić information content (AvgIpc) is 3.20. The second-order valence-corrected chi connectivity index (χ2v) is 7.19. The molecule has 1 aliphatic heterocycles. The van der Waals surface area contributed by atoms with E-state index in [0.717, 1.165) is 26.2 Å². The van der Waals surface area contributed by atoms with Crippen molar-refractivity contribution < 1.29 is 23.1 Å².